The molecule has 0 aromatic rings. The smallest absolute Gasteiger partial charge is 0.230 e. The Morgan fingerprint density at radius 1 is 1.38 bits per heavy atom. The maximum Gasteiger partial charge on any atom is 0.230 e. The van der Waals surface area contributed by atoms with Gasteiger partial charge in [-0.3, -0.25) is 9.79 Å². The zero-order valence-electron chi connectivity index (χ0n) is 16.8. The van der Waals surface area contributed by atoms with Gasteiger partial charge in [-0.15, -0.1) is 0 Å². The van der Waals surface area contributed by atoms with E-state index < -0.39 is 0 Å². The standard InChI is InChI=1S/C19H36N4O3/c1-5-20-18(22-15(2)12-26-16-8-11-25-13-16)21-14-19(9-6-7-10-19)17(24)23(3)4/h15-16H,5-14H2,1-4H3,(H2,20,21,22). The van der Waals surface area contributed by atoms with Crippen molar-refractivity contribution in [3.63, 3.8) is 0 Å². The molecule has 0 bridgehead atoms. The molecule has 1 aliphatic carbocycles. The number of nitrogens with one attached hydrogen (secondary N) is 2. The summed E-state index contributed by atoms with van der Waals surface area (Å²) < 4.78 is 11.2. The van der Waals surface area contributed by atoms with E-state index >= 15 is 0 Å². The van der Waals surface area contributed by atoms with Crippen LogP contribution in [0.15, 0.2) is 4.99 Å². The number of carbonyl (C=O) groups is 1. The largest absolute Gasteiger partial charge is 0.379 e. The Kier molecular flexibility index (Phi) is 8.15. The quantitative estimate of drug-likeness (QED) is 0.500. The van der Waals surface area contributed by atoms with Crippen LogP contribution in [0.25, 0.3) is 0 Å². The van der Waals surface area contributed by atoms with E-state index in [-0.39, 0.29) is 23.5 Å². The van der Waals surface area contributed by atoms with Crippen LogP contribution in [-0.4, -0.2) is 75.9 Å². The molecule has 2 rings (SSSR count). The zero-order valence-corrected chi connectivity index (χ0v) is 16.8. The van der Waals surface area contributed by atoms with Crippen molar-refractivity contribution in [2.75, 3.05) is 47.0 Å². The summed E-state index contributed by atoms with van der Waals surface area (Å²) in [6, 6.07) is 0.137. The van der Waals surface area contributed by atoms with E-state index in [1.165, 1.54) is 0 Å². The Morgan fingerprint density at radius 2 is 2.12 bits per heavy atom. The predicted molar refractivity (Wildman–Crippen MR) is 103 cm³/mol. The molecule has 0 aromatic heterocycles. The molecule has 150 valence electrons. The van der Waals surface area contributed by atoms with Gasteiger partial charge < -0.3 is 25.0 Å². The molecular formula is C19H36N4O3. The fourth-order valence-electron chi connectivity index (χ4n) is 3.72. The first-order valence-electron chi connectivity index (χ1n) is 9.93. The monoisotopic (exact) mass is 368 g/mol. The topological polar surface area (TPSA) is 75.2 Å². The lowest BCUT2D eigenvalue weighted by Gasteiger charge is -2.29. The summed E-state index contributed by atoms with van der Waals surface area (Å²) >= 11 is 0. The number of carbonyl (C=O) groups excluding carboxylic acids is 1. The normalized spacial score (nSPS) is 23.7. The second kappa shape index (κ2) is 10.1. The first-order valence-corrected chi connectivity index (χ1v) is 9.93. The molecule has 26 heavy (non-hydrogen) atoms. The summed E-state index contributed by atoms with van der Waals surface area (Å²) in [4.78, 5) is 19.2. The van der Waals surface area contributed by atoms with Gasteiger partial charge in [0, 0.05) is 33.3 Å². The maximum absolute atomic E-state index is 12.7. The Bertz CT molecular complexity index is 469. The number of nitrogens with zero attached hydrogens (tertiary/aromatic N) is 2. The van der Waals surface area contributed by atoms with Gasteiger partial charge in [-0.1, -0.05) is 12.8 Å². The van der Waals surface area contributed by atoms with E-state index in [1.54, 1.807) is 4.90 Å². The number of amides is 1. The van der Waals surface area contributed by atoms with Crippen molar-refractivity contribution in [1.29, 1.82) is 0 Å². The number of aliphatic imine (C=N–C) groups is 1. The molecule has 1 heterocycles. The van der Waals surface area contributed by atoms with Gasteiger partial charge >= 0.3 is 0 Å². The summed E-state index contributed by atoms with van der Waals surface area (Å²) in [5.74, 6) is 0.955. The van der Waals surface area contributed by atoms with Crippen LogP contribution < -0.4 is 10.6 Å². The van der Waals surface area contributed by atoms with Crippen molar-refractivity contribution in [2.24, 2.45) is 10.4 Å². The average molecular weight is 369 g/mol. The van der Waals surface area contributed by atoms with Crippen molar-refractivity contribution >= 4 is 11.9 Å². The van der Waals surface area contributed by atoms with Crippen LogP contribution in [0.4, 0.5) is 0 Å². The summed E-state index contributed by atoms with van der Waals surface area (Å²) in [6.07, 6.45) is 5.23. The van der Waals surface area contributed by atoms with Gasteiger partial charge in [0.15, 0.2) is 5.96 Å². The van der Waals surface area contributed by atoms with Gasteiger partial charge in [-0.25, -0.2) is 0 Å². The van der Waals surface area contributed by atoms with Crippen molar-refractivity contribution in [2.45, 2.75) is 58.1 Å². The molecule has 1 saturated carbocycles. The summed E-state index contributed by atoms with van der Waals surface area (Å²) in [7, 11) is 3.67. The molecule has 1 aliphatic heterocycles. The lowest BCUT2D eigenvalue weighted by atomic mass is 9.85. The van der Waals surface area contributed by atoms with Gasteiger partial charge in [-0.2, -0.15) is 0 Å². The van der Waals surface area contributed by atoms with Gasteiger partial charge in [0.05, 0.1) is 31.3 Å². The molecule has 0 radical (unpaired) electrons. The fourth-order valence-corrected chi connectivity index (χ4v) is 3.72. The lowest BCUT2D eigenvalue weighted by Crippen LogP contribution is -2.46. The minimum atomic E-state index is -0.341. The second-order valence-corrected chi connectivity index (χ2v) is 7.75. The van der Waals surface area contributed by atoms with Crippen LogP contribution in [0, 0.1) is 5.41 Å². The van der Waals surface area contributed by atoms with Crippen LogP contribution in [0.1, 0.15) is 46.0 Å². The average Bonchev–Trinajstić information content (AvgIpc) is 3.30. The second-order valence-electron chi connectivity index (χ2n) is 7.75. The van der Waals surface area contributed by atoms with E-state index in [1.807, 2.05) is 21.0 Å². The molecule has 2 aliphatic rings. The van der Waals surface area contributed by atoms with E-state index in [9.17, 15) is 4.79 Å². The maximum atomic E-state index is 12.7. The van der Waals surface area contributed by atoms with Crippen molar-refractivity contribution in [3.8, 4) is 0 Å². The van der Waals surface area contributed by atoms with Gasteiger partial charge in [0.25, 0.3) is 0 Å². The lowest BCUT2D eigenvalue weighted by molar-refractivity contribution is -0.138. The number of ether oxygens (including phenoxy) is 2. The van der Waals surface area contributed by atoms with Crippen LogP contribution in [0.3, 0.4) is 0 Å². The van der Waals surface area contributed by atoms with E-state index in [0.717, 1.165) is 51.2 Å². The Labute approximate surface area is 157 Å². The molecule has 7 nitrogen and oxygen atoms in total. The third kappa shape index (κ3) is 5.84. The Morgan fingerprint density at radius 3 is 2.69 bits per heavy atom. The molecule has 0 spiro atoms. The molecule has 1 saturated heterocycles. The predicted octanol–water partition coefficient (Wildman–Crippen LogP) is 1.38. The van der Waals surface area contributed by atoms with Crippen molar-refractivity contribution in [3.05, 3.63) is 0 Å². The van der Waals surface area contributed by atoms with Gasteiger partial charge in [-0.05, 0) is 33.1 Å². The van der Waals surface area contributed by atoms with Crippen LogP contribution in [0.5, 0.6) is 0 Å². The highest BCUT2D eigenvalue weighted by molar-refractivity contribution is 5.84. The van der Waals surface area contributed by atoms with Crippen molar-refractivity contribution < 1.29 is 14.3 Å². The molecule has 1 amide bonds. The Balaban J connectivity index is 1.92. The molecule has 2 fully saturated rings. The highest BCUT2D eigenvalue weighted by atomic mass is 16.5. The van der Waals surface area contributed by atoms with Crippen LogP contribution in [-0.2, 0) is 14.3 Å². The molecule has 2 N–H and O–H groups in total. The fraction of sp³-hybridized carbons (Fsp3) is 0.895. The van der Waals surface area contributed by atoms with Crippen LogP contribution in [0.2, 0.25) is 0 Å². The number of guanidine groups is 1. The Hall–Kier alpha value is -1.34. The first kappa shape index (κ1) is 21.0. The minimum Gasteiger partial charge on any atom is -0.379 e. The third-order valence-electron chi connectivity index (χ3n) is 5.16. The minimum absolute atomic E-state index is 0.137. The first-order chi connectivity index (χ1) is 12.5. The van der Waals surface area contributed by atoms with Gasteiger partial charge in [0.2, 0.25) is 5.91 Å². The molecular weight excluding hydrogens is 332 g/mol. The SMILES string of the molecule is CCNC(=NCC1(C(=O)N(C)C)CCCC1)NC(C)COC1CCOC1. The van der Waals surface area contributed by atoms with Crippen LogP contribution >= 0.6 is 0 Å². The summed E-state index contributed by atoms with van der Waals surface area (Å²) in [5, 5.41) is 6.68. The van der Waals surface area contributed by atoms with Gasteiger partial charge in [0.1, 0.15) is 0 Å². The molecule has 0 aromatic carbocycles. The molecule has 2 atom stereocenters. The number of hydrogen-bond acceptors (Lipinski definition) is 4. The zero-order chi connectivity index (χ0) is 19.0. The molecule has 7 heteroatoms. The van der Waals surface area contributed by atoms with E-state index in [0.29, 0.717) is 19.8 Å². The summed E-state index contributed by atoms with van der Waals surface area (Å²) in [6.45, 7) is 7.53. The highest BCUT2D eigenvalue weighted by Crippen LogP contribution is 2.39. The van der Waals surface area contributed by atoms with E-state index in [2.05, 4.69) is 17.6 Å². The number of rotatable bonds is 8. The third-order valence-corrected chi connectivity index (χ3v) is 5.16. The van der Waals surface area contributed by atoms with E-state index in [4.69, 9.17) is 14.5 Å². The van der Waals surface area contributed by atoms with Crippen molar-refractivity contribution in [1.82, 2.24) is 15.5 Å². The summed E-state index contributed by atoms with van der Waals surface area (Å²) in [5.41, 5.74) is -0.341. The molecule has 2 unspecified atom stereocenters. The highest BCUT2D eigenvalue weighted by Gasteiger charge is 2.42. The number of hydrogen-bond donors (Lipinski definition) is 2.